The number of hydrogen-bond donors (Lipinski definition) is 0. The van der Waals surface area contributed by atoms with Crippen molar-refractivity contribution >= 4 is 0 Å². The third kappa shape index (κ3) is 48.9. The summed E-state index contributed by atoms with van der Waals surface area (Å²) in [5.41, 5.74) is 0. The largest absolute Gasteiger partial charge is 1.00 e. The van der Waals surface area contributed by atoms with Crippen molar-refractivity contribution in [1.29, 1.82) is 0 Å². The van der Waals surface area contributed by atoms with E-state index in [4.69, 9.17) is 0 Å². The summed E-state index contributed by atoms with van der Waals surface area (Å²) < 4.78 is 0. The van der Waals surface area contributed by atoms with E-state index in [-0.39, 0.29) is 110 Å². The van der Waals surface area contributed by atoms with E-state index in [1.165, 1.54) is 0 Å². The van der Waals surface area contributed by atoms with E-state index in [2.05, 4.69) is 0 Å². The van der Waals surface area contributed by atoms with Crippen molar-refractivity contribution in [2.24, 2.45) is 0 Å². The molecule has 0 spiro atoms. The van der Waals surface area contributed by atoms with Crippen molar-refractivity contribution < 1.29 is 110 Å². The van der Waals surface area contributed by atoms with Crippen molar-refractivity contribution in [2.45, 2.75) is 0 Å². The molecule has 0 amide bonds. The summed E-state index contributed by atoms with van der Waals surface area (Å²) in [7, 11) is 0. The Hall–Kier alpha value is 3.01. The Morgan fingerprint density at radius 2 is 0.429 bits per heavy atom. The van der Waals surface area contributed by atoms with Crippen LogP contribution in [-0.4, -0.2) is 5.48 Å². The molecule has 1 radical (unpaired) electrons. The first-order valence-corrected chi connectivity index (χ1v) is 0. The molecule has 0 rings (SSSR count). The molecule has 0 heterocycles. The standard InChI is InChI=1S/5BrH.Ir.H2O/h5*1H;;1H2/p-5. The molecular weight excluding hydrogens is 608 g/mol. The topological polar surface area (TPSA) is 31.5 Å². The molecule has 0 saturated carbocycles. The first-order chi connectivity index (χ1) is 0. The van der Waals surface area contributed by atoms with E-state index in [0.717, 1.165) is 0 Å². The molecule has 0 fully saturated rings. The van der Waals surface area contributed by atoms with Crippen LogP contribution in [0.25, 0.3) is 0 Å². The fourth-order valence-corrected chi connectivity index (χ4v) is 0. The zero-order chi connectivity index (χ0) is 0. The zero-order valence-corrected chi connectivity index (χ0v) is 13.0. The molecule has 0 atom stereocenters. The minimum absolute atomic E-state index is 0. The molecule has 7 heavy (non-hydrogen) atoms. The molecule has 7 heteroatoms. The molecule has 0 saturated heterocycles. The first kappa shape index (κ1) is 89.7. The second-order valence-corrected chi connectivity index (χ2v) is 0. The van der Waals surface area contributed by atoms with Crippen LogP contribution in [0.15, 0.2) is 0 Å². The van der Waals surface area contributed by atoms with Crippen LogP contribution in [0.3, 0.4) is 0 Å². The summed E-state index contributed by atoms with van der Waals surface area (Å²) >= 11 is 0. The summed E-state index contributed by atoms with van der Waals surface area (Å²) in [5.74, 6) is 0. The van der Waals surface area contributed by atoms with Crippen molar-refractivity contribution in [3.8, 4) is 0 Å². The van der Waals surface area contributed by atoms with Crippen LogP contribution in [0.2, 0.25) is 0 Å². The Bertz CT molecular complexity index is 8.04. The van der Waals surface area contributed by atoms with Gasteiger partial charge in [-0.2, -0.15) is 0 Å². The van der Waals surface area contributed by atoms with E-state index in [0.29, 0.717) is 0 Å². The third-order valence-electron chi connectivity index (χ3n) is 0. The monoisotopic (exact) mass is 606 g/mol. The van der Waals surface area contributed by atoms with Crippen molar-refractivity contribution in [1.82, 2.24) is 0 Å². The Balaban J connectivity index is 0. The quantitative estimate of drug-likeness (QED) is 0.262. The summed E-state index contributed by atoms with van der Waals surface area (Å²) in [6.07, 6.45) is 0. The van der Waals surface area contributed by atoms with E-state index in [1.807, 2.05) is 0 Å². The van der Waals surface area contributed by atoms with E-state index in [9.17, 15) is 0 Å². The van der Waals surface area contributed by atoms with E-state index in [1.54, 1.807) is 0 Å². The molecule has 57 valence electrons. The molecule has 0 aromatic heterocycles. The Kier molecular flexibility index (Phi) is 818. The molecule has 0 aromatic carbocycles. The maximum Gasteiger partial charge on any atom is 0 e. The average molecular weight is 610 g/mol. The van der Waals surface area contributed by atoms with Crippen LogP contribution in [0.5, 0.6) is 0 Å². The van der Waals surface area contributed by atoms with Gasteiger partial charge in [0.25, 0.3) is 0 Å². The molecule has 0 aliphatic heterocycles. The molecule has 0 aliphatic rings. The van der Waals surface area contributed by atoms with Gasteiger partial charge in [0.2, 0.25) is 0 Å². The molecule has 0 unspecified atom stereocenters. The average Bonchev–Trinajstić information content (AvgIpc) is 0. The fraction of sp³-hybridized carbons (Fsp3) is 0. The van der Waals surface area contributed by atoms with Crippen molar-refractivity contribution in [2.75, 3.05) is 0 Å². The van der Waals surface area contributed by atoms with Gasteiger partial charge in [0.1, 0.15) is 0 Å². The zero-order valence-electron chi connectivity index (χ0n) is 2.72. The van der Waals surface area contributed by atoms with Gasteiger partial charge in [-0.3, -0.25) is 0 Å². The summed E-state index contributed by atoms with van der Waals surface area (Å²) in [6, 6.07) is 0. The SMILES string of the molecule is O.[Br-].[Br-].[Br-].[Br-].[Br-].[Ir]. The van der Waals surface area contributed by atoms with Crippen molar-refractivity contribution in [3.05, 3.63) is 0 Å². The molecule has 2 N–H and O–H groups in total. The van der Waals surface area contributed by atoms with Crippen molar-refractivity contribution in [3.63, 3.8) is 0 Å². The van der Waals surface area contributed by atoms with Gasteiger partial charge in [0, 0.05) is 20.1 Å². The van der Waals surface area contributed by atoms with Gasteiger partial charge in [0.05, 0.1) is 0 Å². The van der Waals surface area contributed by atoms with Gasteiger partial charge in [-0.25, -0.2) is 0 Å². The van der Waals surface area contributed by atoms with Gasteiger partial charge < -0.3 is 90.4 Å². The first-order valence-electron chi connectivity index (χ1n) is 0. The fourth-order valence-electron chi connectivity index (χ4n) is 0. The van der Waals surface area contributed by atoms with Crippen LogP contribution in [0.1, 0.15) is 0 Å². The second-order valence-electron chi connectivity index (χ2n) is 0. The third-order valence-corrected chi connectivity index (χ3v) is 0. The second kappa shape index (κ2) is 63.8. The summed E-state index contributed by atoms with van der Waals surface area (Å²) in [6.45, 7) is 0. The van der Waals surface area contributed by atoms with E-state index >= 15 is 0 Å². The van der Waals surface area contributed by atoms with Crippen LogP contribution < -0.4 is 84.9 Å². The summed E-state index contributed by atoms with van der Waals surface area (Å²) in [5, 5.41) is 0. The van der Waals surface area contributed by atoms with Gasteiger partial charge in [-0.05, 0) is 0 Å². The van der Waals surface area contributed by atoms with Gasteiger partial charge in [-0.15, -0.1) is 0 Å². The van der Waals surface area contributed by atoms with Crippen LogP contribution in [0.4, 0.5) is 0 Å². The predicted molar refractivity (Wildman–Crippen MR) is 3.61 cm³/mol. The molecular formula is H2Br5IrO-5. The Labute approximate surface area is 109 Å². The molecule has 0 aromatic rings. The maximum absolute atomic E-state index is 0. The predicted octanol–water partition coefficient (Wildman–Crippen LogP) is -15.8. The van der Waals surface area contributed by atoms with Crippen LogP contribution in [-0.2, 0) is 20.1 Å². The molecule has 0 bridgehead atoms. The smallest absolute Gasteiger partial charge is 0 e. The van der Waals surface area contributed by atoms with Crippen LogP contribution in [0, 0.1) is 0 Å². The van der Waals surface area contributed by atoms with Gasteiger partial charge >= 0.3 is 0 Å². The Morgan fingerprint density at radius 1 is 0.429 bits per heavy atom. The Morgan fingerprint density at radius 3 is 0.429 bits per heavy atom. The van der Waals surface area contributed by atoms with Crippen LogP contribution >= 0.6 is 0 Å². The molecule has 1 nitrogen and oxygen atoms in total. The maximum atomic E-state index is 0. The minimum Gasteiger partial charge on any atom is -1.00 e. The minimum atomic E-state index is 0. The van der Waals surface area contributed by atoms with Gasteiger partial charge in [0.15, 0.2) is 0 Å². The number of hydrogen-bond acceptors (Lipinski definition) is 0. The number of halogens is 5. The molecule has 0 aliphatic carbocycles. The van der Waals surface area contributed by atoms with E-state index < -0.39 is 0 Å². The number of rotatable bonds is 0. The summed E-state index contributed by atoms with van der Waals surface area (Å²) in [4.78, 5) is 0. The van der Waals surface area contributed by atoms with Gasteiger partial charge in [-0.1, -0.05) is 0 Å². The normalized spacial score (nSPS) is 0.